The molecular weight excluding hydrogens is 280 g/mol. The lowest BCUT2D eigenvalue weighted by molar-refractivity contribution is -0.0669. The molecule has 0 N–H and O–H groups in total. The number of hydrogen-bond donors (Lipinski definition) is 0. The van der Waals surface area contributed by atoms with E-state index in [1.807, 2.05) is 0 Å². The summed E-state index contributed by atoms with van der Waals surface area (Å²) in [5, 5.41) is 0. The molecule has 1 aliphatic carbocycles. The van der Waals surface area contributed by atoms with Crippen molar-refractivity contribution in [3.8, 4) is 0 Å². The van der Waals surface area contributed by atoms with Crippen molar-refractivity contribution in [3.63, 3.8) is 0 Å². The first-order chi connectivity index (χ1) is 10.2. The van der Waals surface area contributed by atoms with Crippen LogP contribution < -0.4 is 0 Å². The fourth-order valence-corrected chi connectivity index (χ4v) is 4.46. The van der Waals surface area contributed by atoms with Crippen LogP contribution in [-0.4, -0.2) is 17.6 Å². The zero-order chi connectivity index (χ0) is 14.7. The molecule has 0 amide bonds. The number of halogens is 1. The minimum absolute atomic E-state index is 0.229. The van der Waals surface area contributed by atoms with Crippen LogP contribution in [0.4, 0.5) is 0 Å². The van der Waals surface area contributed by atoms with Crippen LogP contribution in [0.15, 0.2) is 24.3 Å². The van der Waals surface area contributed by atoms with Gasteiger partial charge in [0.15, 0.2) is 0 Å². The maximum absolute atomic E-state index is 6.52. The molecule has 1 aromatic rings. The summed E-state index contributed by atoms with van der Waals surface area (Å²) in [6.45, 7) is 2.15. The van der Waals surface area contributed by atoms with Crippen LogP contribution in [0.25, 0.3) is 0 Å². The smallest absolute Gasteiger partial charge is 0.0687 e. The van der Waals surface area contributed by atoms with Crippen LogP contribution in [0.3, 0.4) is 0 Å². The minimum atomic E-state index is 0.229. The van der Waals surface area contributed by atoms with Crippen LogP contribution >= 0.6 is 11.6 Å². The van der Waals surface area contributed by atoms with Crippen molar-refractivity contribution < 1.29 is 4.74 Å². The van der Waals surface area contributed by atoms with E-state index in [1.54, 1.807) is 0 Å². The van der Waals surface area contributed by atoms with E-state index >= 15 is 0 Å². The van der Waals surface area contributed by atoms with Crippen molar-refractivity contribution in [1.82, 2.24) is 0 Å². The Morgan fingerprint density at radius 3 is 2.76 bits per heavy atom. The monoisotopic (exact) mass is 306 g/mol. The lowest BCUT2D eigenvalue weighted by atomic mass is 9.83. The second kappa shape index (κ2) is 6.71. The Hall–Kier alpha value is -0.530. The van der Waals surface area contributed by atoms with Crippen LogP contribution in [0, 0.1) is 6.92 Å². The number of hydrogen-bond acceptors (Lipinski definition) is 1. The highest BCUT2D eigenvalue weighted by molar-refractivity contribution is 6.18. The van der Waals surface area contributed by atoms with Gasteiger partial charge in [-0.2, -0.15) is 0 Å². The van der Waals surface area contributed by atoms with Gasteiger partial charge in [-0.15, -0.1) is 11.6 Å². The molecule has 1 saturated heterocycles. The molecule has 21 heavy (non-hydrogen) atoms. The van der Waals surface area contributed by atoms with Crippen LogP contribution in [-0.2, 0) is 4.74 Å². The summed E-state index contributed by atoms with van der Waals surface area (Å²) in [6.07, 6.45) is 10.6. The topological polar surface area (TPSA) is 9.23 Å². The number of ether oxygens (including phenoxy) is 1. The molecular formula is C19H27ClO. The average Bonchev–Trinajstić information content (AvgIpc) is 2.88. The Balaban J connectivity index is 1.63. The number of alkyl halides is 1. The summed E-state index contributed by atoms with van der Waals surface area (Å²) >= 11 is 6.25. The van der Waals surface area contributed by atoms with Gasteiger partial charge in [0.2, 0.25) is 0 Å². The number of aryl methyl sites for hydroxylation is 1. The highest BCUT2D eigenvalue weighted by Gasteiger charge is 2.41. The average molecular weight is 307 g/mol. The second-order valence-corrected chi connectivity index (χ2v) is 7.33. The van der Waals surface area contributed by atoms with Crippen LogP contribution in [0.2, 0.25) is 0 Å². The standard InChI is InChI=1S/C19H27ClO/c1-15-6-5-7-16(12-15)17(14-20)13-18-8-11-19(21-18)9-3-2-4-10-19/h5-7,12,17-18H,2-4,8-11,13-14H2,1H3. The molecule has 1 spiro atoms. The Labute approximate surface area is 134 Å². The van der Waals surface area contributed by atoms with E-state index in [9.17, 15) is 0 Å². The number of benzene rings is 1. The summed E-state index contributed by atoms with van der Waals surface area (Å²) in [7, 11) is 0. The maximum Gasteiger partial charge on any atom is 0.0687 e. The first-order valence-corrected chi connectivity index (χ1v) is 9.05. The molecule has 2 atom stereocenters. The van der Waals surface area contributed by atoms with Gasteiger partial charge in [0, 0.05) is 5.88 Å². The highest BCUT2D eigenvalue weighted by Crippen LogP contribution is 2.44. The lowest BCUT2D eigenvalue weighted by Crippen LogP contribution is -2.32. The molecule has 1 nitrogen and oxygen atoms in total. The van der Waals surface area contributed by atoms with E-state index in [-0.39, 0.29) is 5.60 Å². The molecule has 1 saturated carbocycles. The third kappa shape index (κ3) is 3.63. The molecule has 1 heterocycles. The largest absolute Gasteiger partial charge is 0.372 e. The highest BCUT2D eigenvalue weighted by atomic mass is 35.5. The van der Waals surface area contributed by atoms with Gasteiger partial charge in [-0.3, -0.25) is 0 Å². The van der Waals surface area contributed by atoms with Crippen molar-refractivity contribution in [2.75, 3.05) is 5.88 Å². The number of rotatable bonds is 4. The molecule has 1 aromatic carbocycles. The van der Waals surface area contributed by atoms with Crippen molar-refractivity contribution in [1.29, 1.82) is 0 Å². The molecule has 0 bridgehead atoms. The maximum atomic E-state index is 6.52. The van der Waals surface area contributed by atoms with E-state index in [0.29, 0.717) is 17.9 Å². The zero-order valence-electron chi connectivity index (χ0n) is 13.1. The van der Waals surface area contributed by atoms with Gasteiger partial charge in [0.1, 0.15) is 0 Å². The Morgan fingerprint density at radius 1 is 1.24 bits per heavy atom. The predicted molar refractivity (Wildman–Crippen MR) is 89.2 cm³/mol. The van der Waals surface area contributed by atoms with E-state index in [2.05, 4.69) is 31.2 Å². The Bertz CT molecular complexity index is 464. The summed E-state index contributed by atoms with van der Waals surface area (Å²) in [5.74, 6) is 1.12. The quantitative estimate of drug-likeness (QED) is 0.659. The summed E-state index contributed by atoms with van der Waals surface area (Å²) in [5.41, 5.74) is 2.92. The van der Waals surface area contributed by atoms with Gasteiger partial charge < -0.3 is 4.74 Å². The second-order valence-electron chi connectivity index (χ2n) is 7.02. The molecule has 2 unspecified atom stereocenters. The molecule has 3 rings (SSSR count). The fraction of sp³-hybridized carbons (Fsp3) is 0.684. The van der Waals surface area contributed by atoms with Crippen molar-refractivity contribution in [2.24, 2.45) is 0 Å². The van der Waals surface area contributed by atoms with E-state index in [1.165, 1.54) is 56.1 Å². The normalized spacial score (nSPS) is 26.1. The first kappa shape index (κ1) is 15.4. The molecule has 2 aliphatic rings. The molecule has 2 heteroatoms. The Morgan fingerprint density at radius 2 is 2.05 bits per heavy atom. The first-order valence-electron chi connectivity index (χ1n) is 8.51. The summed E-state index contributed by atoms with van der Waals surface area (Å²) in [4.78, 5) is 0. The van der Waals surface area contributed by atoms with Crippen LogP contribution in [0.1, 0.15) is 68.4 Å². The predicted octanol–water partition coefficient (Wildman–Crippen LogP) is 5.59. The van der Waals surface area contributed by atoms with Crippen molar-refractivity contribution in [2.45, 2.75) is 75.9 Å². The SMILES string of the molecule is Cc1cccc(C(CCl)CC2CCC3(CCCCC3)O2)c1. The van der Waals surface area contributed by atoms with Gasteiger partial charge in [-0.1, -0.05) is 49.1 Å². The van der Waals surface area contributed by atoms with Gasteiger partial charge >= 0.3 is 0 Å². The molecule has 116 valence electrons. The van der Waals surface area contributed by atoms with Crippen molar-refractivity contribution >= 4 is 11.6 Å². The zero-order valence-corrected chi connectivity index (χ0v) is 13.9. The summed E-state index contributed by atoms with van der Waals surface area (Å²) < 4.78 is 6.52. The minimum Gasteiger partial charge on any atom is -0.372 e. The fourth-order valence-electron chi connectivity index (χ4n) is 4.15. The molecule has 2 fully saturated rings. The van der Waals surface area contributed by atoms with Crippen LogP contribution in [0.5, 0.6) is 0 Å². The van der Waals surface area contributed by atoms with E-state index < -0.39 is 0 Å². The third-order valence-electron chi connectivity index (χ3n) is 5.35. The third-order valence-corrected chi connectivity index (χ3v) is 5.72. The van der Waals surface area contributed by atoms with Gasteiger partial charge in [-0.05, 0) is 50.5 Å². The molecule has 0 radical (unpaired) electrons. The van der Waals surface area contributed by atoms with Crippen molar-refractivity contribution in [3.05, 3.63) is 35.4 Å². The van der Waals surface area contributed by atoms with Gasteiger partial charge in [0.05, 0.1) is 11.7 Å². The van der Waals surface area contributed by atoms with Gasteiger partial charge in [-0.25, -0.2) is 0 Å². The summed E-state index contributed by atoms with van der Waals surface area (Å²) in [6, 6.07) is 8.78. The molecule has 1 aliphatic heterocycles. The lowest BCUT2D eigenvalue weighted by Gasteiger charge is -2.33. The van der Waals surface area contributed by atoms with Gasteiger partial charge in [0.25, 0.3) is 0 Å². The van der Waals surface area contributed by atoms with E-state index in [4.69, 9.17) is 16.3 Å². The molecule has 0 aromatic heterocycles. The Kier molecular flexibility index (Phi) is 4.91. The van der Waals surface area contributed by atoms with E-state index in [0.717, 1.165) is 6.42 Å².